The van der Waals surface area contributed by atoms with Crippen LogP contribution in [0.25, 0.3) is 16.9 Å². The van der Waals surface area contributed by atoms with Gasteiger partial charge in [-0.1, -0.05) is 12.1 Å². The molecular weight excluding hydrogens is 338 g/mol. The molecule has 0 aliphatic carbocycles. The maximum absolute atomic E-state index is 12.4. The van der Waals surface area contributed by atoms with Gasteiger partial charge in [-0.2, -0.15) is 0 Å². The minimum absolute atomic E-state index is 0.159. The minimum Gasteiger partial charge on any atom is -0.497 e. The van der Waals surface area contributed by atoms with Crippen molar-refractivity contribution in [2.75, 3.05) is 12.4 Å². The first kappa shape index (κ1) is 16.8. The molecule has 0 aliphatic rings. The summed E-state index contributed by atoms with van der Waals surface area (Å²) in [5, 5.41) is 2.90. The first-order valence-corrected chi connectivity index (χ1v) is 8.63. The van der Waals surface area contributed by atoms with Gasteiger partial charge in [-0.15, -0.1) is 0 Å². The Bertz CT molecular complexity index is 1100. The zero-order chi connectivity index (χ0) is 18.8. The third-order valence-electron chi connectivity index (χ3n) is 4.41. The molecule has 2 heterocycles. The van der Waals surface area contributed by atoms with Gasteiger partial charge in [0.15, 0.2) is 0 Å². The number of pyridine rings is 1. The summed E-state index contributed by atoms with van der Waals surface area (Å²) in [7, 11) is 1.60. The molecule has 0 saturated heterocycles. The molecule has 0 bridgehead atoms. The Kier molecular flexibility index (Phi) is 4.34. The number of hydrogen-bond donors (Lipinski definition) is 1. The highest BCUT2D eigenvalue weighted by atomic mass is 16.5. The van der Waals surface area contributed by atoms with Crippen LogP contribution in [-0.2, 0) is 0 Å². The Labute approximate surface area is 157 Å². The first-order chi connectivity index (χ1) is 13.1. The Hall–Kier alpha value is -3.60. The fraction of sp³-hybridized carbons (Fsp3) is 0.0909. The van der Waals surface area contributed by atoms with Crippen LogP contribution < -0.4 is 10.1 Å². The van der Waals surface area contributed by atoms with Gasteiger partial charge in [-0.05, 0) is 61.0 Å². The van der Waals surface area contributed by atoms with Gasteiger partial charge in [0.2, 0.25) is 0 Å². The van der Waals surface area contributed by atoms with Gasteiger partial charge in [0.25, 0.3) is 5.91 Å². The quantitative estimate of drug-likeness (QED) is 0.582. The van der Waals surface area contributed by atoms with Gasteiger partial charge in [-0.25, -0.2) is 4.98 Å². The molecule has 4 rings (SSSR count). The second-order valence-electron chi connectivity index (χ2n) is 6.36. The summed E-state index contributed by atoms with van der Waals surface area (Å²) >= 11 is 0. The van der Waals surface area contributed by atoms with Gasteiger partial charge in [0, 0.05) is 29.2 Å². The van der Waals surface area contributed by atoms with E-state index in [0.717, 1.165) is 28.3 Å². The molecular formula is C22H19N3O2. The van der Waals surface area contributed by atoms with Crippen molar-refractivity contribution >= 4 is 17.2 Å². The normalized spacial score (nSPS) is 10.7. The number of imidazole rings is 1. The molecule has 0 fully saturated rings. The number of carbonyl (C=O) groups excluding carboxylic acids is 1. The van der Waals surface area contributed by atoms with E-state index < -0.39 is 0 Å². The van der Waals surface area contributed by atoms with E-state index >= 15 is 0 Å². The van der Waals surface area contributed by atoms with E-state index in [-0.39, 0.29) is 5.91 Å². The maximum atomic E-state index is 12.4. The number of nitrogens with one attached hydrogen (secondary N) is 1. The van der Waals surface area contributed by atoms with Gasteiger partial charge in [0.05, 0.1) is 12.8 Å². The standard InChI is InChI=1S/C22H19N3O2/c1-15-11-12-25-14-20(24-21(25)13-15)16-3-7-18(8-4-16)23-22(26)17-5-9-19(27-2)10-6-17/h3-14H,1-2H3,(H,23,26). The van der Waals surface area contributed by atoms with E-state index in [4.69, 9.17) is 4.74 Å². The number of methoxy groups -OCH3 is 1. The number of aromatic nitrogens is 2. The predicted octanol–water partition coefficient (Wildman–Crippen LogP) is 4.57. The molecule has 0 radical (unpaired) electrons. The van der Waals surface area contributed by atoms with Crippen molar-refractivity contribution in [3.05, 3.63) is 84.2 Å². The molecule has 0 saturated carbocycles. The van der Waals surface area contributed by atoms with Gasteiger partial charge < -0.3 is 14.5 Å². The fourth-order valence-electron chi connectivity index (χ4n) is 2.89. The van der Waals surface area contributed by atoms with Crippen LogP contribution in [0.5, 0.6) is 5.75 Å². The molecule has 27 heavy (non-hydrogen) atoms. The number of amides is 1. The van der Waals surface area contributed by atoms with Crippen LogP contribution >= 0.6 is 0 Å². The summed E-state index contributed by atoms with van der Waals surface area (Å²) in [6.45, 7) is 2.05. The number of anilines is 1. The molecule has 2 aromatic carbocycles. The van der Waals surface area contributed by atoms with Gasteiger partial charge >= 0.3 is 0 Å². The molecule has 0 spiro atoms. The van der Waals surface area contributed by atoms with Gasteiger partial charge in [0.1, 0.15) is 11.4 Å². The summed E-state index contributed by atoms with van der Waals surface area (Å²) in [4.78, 5) is 17.0. The Morgan fingerprint density at radius 2 is 1.78 bits per heavy atom. The van der Waals surface area contributed by atoms with Crippen LogP contribution in [0.15, 0.2) is 73.1 Å². The monoisotopic (exact) mass is 357 g/mol. The molecule has 0 unspecified atom stereocenters. The smallest absolute Gasteiger partial charge is 0.255 e. The molecule has 134 valence electrons. The van der Waals surface area contributed by atoms with E-state index in [0.29, 0.717) is 5.56 Å². The highest BCUT2D eigenvalue weighted by Crippen LogP contribution is 2.22. The first-order valence-electron chi connectivity index (χ1n) is 8.63. The van der Waals surface area contributed by atoms with Crippen LogP contribution in [0.1, 0.15) is 15.9 Å². The summed E-state index contributed by atoms with van der Waals surface area (Å²) in [6.07, 6.45) is 4.00. The van der Waals surface area contributed by atoms with E-state index in [1.165, 1.54) is 5.56 Å². The summed E-state index contributed by atoms with van der Waals surface area (Å²) in [5.74, 6) is 0.562. The topological polar surface area (TPSA) is 55.6 Å². The molecule has 2 aromatic heterocycles. The number of carbonyl (C=O) groups is 1. The fourth-order valence-corrected chi connectivity index (χ4v) is 2.89. The van der Waals surface area contributed by atoms with Crippen LogP contribution in [0.4, 0.5) is 5.69 Å². The number of ether oxygens (including phenoxy) is 1. The lowest BCUT2D eigenvalue weighted by Crippen LogP contribution is -2.11. The average Bonchev–Trinajstić information content (AvgIpc) is 3.11. The van der Waals surface area contributed by atoms with Crippen LogP contribution in [-0.4, -0.2) is 22.4 Å². The van der Waals surface area contributed by atoms with Crippen molar-refractivity contribution in [1.82, 2.24) is 9.38 Å². The number of fused-ring (bicyclic) bond motifs is 1. The number of aryl methyl sites for hydroxylation is 1. The molecule has 1 N–H and O–H groups in total. The highest BCUT2D eigenvalue weighted by Gasteiger charge is 2.08. The third-order valence-corrected chi connectivity index (χ3v) is 4.41. The van der Waals surface area contributed by atoms with Crippen molar-refractivity contribution in [3.63, 3.8) is 0 Å². The number of rotatable bonds is 4. The minimum atomic E-state index is -0.159. The van der Waals surface area contributed by atoms with Gasteiger partial charge in [-0.3, -0.25) is 4.79 Å². The van der Waals surface area contributed by atoms with E-state index in [2.05, 4.69) is 23.3 Å². The SMILES string of the molecule is COc1ccc(C(=O)Nc2ccc(-c3cn4ccc(C)cc4n3)cc2)cc1. The van der Waals surface area contributed by atoms with Crippen LogP contribution in [0.2, 0.25) is 0 Å². The Morgan fingerprint density at radius 1 is 1.04 bits per heavy atom. The zero-order valence-electron chi connectivity index (χ0n) is 15.1. The maximum Gasteiger partial charge on any atom is 0.255 e. The second-order valence-corrected chi connectivity index (χ2v) is 6.36. The molecule has 0 atom stereocenters. The summed E-state index contributed by atoms with van der Waals surface area (Å²) in [6, 6.07) is 18.8. The predicted molar refractivity (Wildman–Crippen MR) is 106 cm³/mol. The van der Waals surface area contributed by atoms with E-state index in [1.54, 1.807) is 31.4 Å². The number of benzene rings is 2. The Balaban J connectivity index is 1.51. The third kappa shape index (κ3) is 3.53. The van der Waals surface area contributed by atoms with Crippen molar-refractivity contribution in [2.45, 2.75) is 6.92 Å². The lowest BCUT2D eigenvalue weighted by molar-refractivity contribution is 0.102. The van der Waals surface area contributed by atoms with E-state index in [9.17, 15) is 4.79 Å². The summed E-state index contributed by atoms with van der Waals surface area (Å²) < 4.78 is 7.11. The summed E-state index contributed by atoms with van der Waals surface area (Å²) in [5.41, 5.74) is 5.31. The number of hydrogen-bond acceptors (Lipinski definition) is 3. The largest absolute Gasteiger partial charge is 0.497 e. The van der Waals surface area contributed by atoms with Crippen molar-refractivity contribution in [3.8, 4) is 17.0 Å². The molecule has 5 nitrogen and oxygen atoms in total. The molecule has 4 aromatic rings. The Morgan fingerprint density at radius 3 is 2.48 bits per heavy atom. The van der Waals surface area contributed by atoms with Crippen LogP contribution in [0, 0.1) is 6.92 Å². The average molecular weight is 357 g/mol. The lowest BCUT2D eigenvalue weighted by Gasteiger charge is -2.07. The second kappa shape index (κ2) is 6.96. The van der Waals surface area contributed by atoms with Crippen molar-refractivity contribution < 1.29 is 9.53 Å². The molecule has 1 amide bonds. The van der Waals surface area contributed by atoms with E-state index in [1.807, 2.05) is 47.1 Å². The zero-order valence-corrected chi connectivity index (χ0v) is 15.1. The lowest BCUT2D eigenvalue weighted by atomic mass is 10.1. The van der Waals surface area contributed by atoms with Crippen molar-refractivity contribution in [2.24, 2.45) is 0 Å². The highest BCUT2D eigenvalue weighted by molar-refractivity contribution is 6.04. The number of nitrogens with zero attached hydrogens (tertiary/aromatic N) is 2. The molecule has 0 aliphatic heterocycles. The molecule has 5 heteroatoms. The van der Waals surface area contributed by atoms with Crippen LogP contribution in [0.3, 0.4) is 0 Å². The van der Waals surface area contributed by atoms with Crippen molar-refractivity contribution in [1.29, 1.82) is 0 Å².